The topological polar surface area (TPSA) is 62.7 Å². The number of nitrogens with zero attached hydrogens (tertiary/aromatic N) is 6. The van der Waals surface area contributed by atoms with Gasteiger partial charge in [-0.1, -0.05) is 18.2 Å². The predicted octanol–water partition coefficient (Wildman–Crippen LogP) is 4.92. The first-order chi connectivity index (χ1) is 16.6. The molecule has 4 aromatic rings. The summed E-state index contributed by atoms with van der Waals surface area (Å²) < 4.78 is 19.6. The number of hydrogen-bond donors (Lipinski definition) is 0. The third kappa shape index (κ3) is 4.87. The SMILES string of the molecule is N#Cc1ccccc1CCC1(F)CCN(CCCn2ccc3cc(-n4cnnc4)ccc32)CC1. The predicted molar refractivity (Wildman–Crippen MR) is 130 cm³/mol. The molecule has 34 heavy (non-hydrogen) atoms. The van der Waals surface area contributed by atoms with E-state index < -0.39 is 5.67 Å². The second kappa shape index (κ2) is 9.78. The summed E-state index contributed by atoms with van der Waals surface area (Å²) in [5, 5.41) is 18.2. The van der Waals surface area contributed by atoms with Gasteiger partial charge >= 0.3 is 0 Å². The molecule has 1 aliphatic heterocycles. The lowest BCUT2D eigenvalue weighted by atomic mass is 9.86. The molecule has 0 radical (unpaired) electrons. The zero-order valence-electron chi connectivity index (χ0n) is 19.3. The Balaban J connectivity index is 1.10. The normalized spacial score (nSPS) is 16.0. The quantitative estimate of drug-likeness (QED) is 0.378. The number of hydrogen-bond acceptors (Lipinski definition) is 4. The van der Waals surface area contributed by atoms with E-state index in [1.54, 1.807) is 12.7 Å². The second-order valence-corrected chi connectivity index (χ2v) is 9.24. The van der Waals surface area contributed by atoms with Crippen LogP contribution < -0.4 is 0 Å². The molecule has 2 aromatic carbocycles. The average Bonchev–Trinajstić information content (AvgIpc) is 3.55. The first-order valence-electron chi connectivity index (χ1n) is 12.0. The summed E-state index contributed by atoms with van der Waals surface area (Å²) in [7, 11) is 0. The summed E-state index contributed by atoms with van der Waals surface area (Å²) in [6, 6.07) is 18.3. The van der Waals surface area contributed by atoms with Crippen LogP contribution in [0.2, 0.25) is 0 Å². The van der Waals surface area contributed by atoms with E-state index in [9.17, 15) is 5.26 Å². The van der Waals surface area contributed by atoms with Crippen molar-refractivity contribution in [2.24, 2.45) is 0 Å². The van der Waals surface area contributed by atoms with E-state index >= 15 is 4.39 Å². The molecule has 0 N–H and O–H groups in total. The highest BCUT2D eigenvalue weighted by Gasteiger charge is 2.34. The zero-order valence-corrected chi connectivity index (χ0v) is 19.3. The van der Waals surface area contributed by atoms with Crippen molar-refractivity contribution in [3.63, 3.8) is 0 Å². The van der Waals surface area contributed by atoms with Crippen LogP contribution in [0.15, 0.2) is 67.4 Å². The summed E-state index contributed by atoms with van der Waals surface area (Å²) in [6.45, 7) is 3.51. The van der Waals surface area contributed by atoms with Crippen molar-refractivity contribution in [3.8, 4) is 11.8 Å². The number of piperidine rings is 1. The zero-order chi connectivity index (χ0) is 23.4. The highest BCUT2D eigenvalue weighted by atomic mass is 19.1. The summed E-state index contributed by atoms with van der Waals surface area (Å²) in [5.74, 6) is 0. The Morgan fingerprint density at radius 1 is 1.00 bits per heavy atom. The Kier molecular flexibility index (Phi) is 6.41. The lowest BCUT2D eigenvalue weighted by Crippen LogP contribution is -2.42. The molecule has 0 saturated carbocycles. The number of rotatable bonds is 8. The number of alkyl halides is 1. The minimum atomic E-state index is -1.13. The Bertz CT molecular complexity index is 1280. The van der Waals surface area contributed by atoms with E-state index in [0.29, 0.717) is 31.2 Å². The highest BCUT2D eigenvalue weighted by molar-refractivity contribution is 5.82. The van der Waals surface area contributed by atoms with Gasteiger partial charge in [-0.15, -0.1) is 10.2 Å². The molecule has 1 fully saturated rings. The summed E-state index contributed by atoms with van der Waals surface area (Å²) in [6.07, 6.45) is 8.84. The molecule has 3 heterocycles. The summed E-state index contributed by atoms with van der Waals surface area (Å²) >= 11 is 0. The third-order valence-corrected chi connectivity index (χ3v) is 7.08. The van der Waals surface area contributed by atoms with Gasteiger partial charge in [0.15, 0.2) is 0 Å². The van der Waals surface area contributed by atoms with Crippen molar-refractivity contribution in [1.82, 2.24) is 24.2 Å². The van der Waals surface area contributed by atoms with Crippen LogP contribution in [0.5, 0.6) is 0 Å². The average molecular weight is 457 g/mol. The van der Waals surface area contributed by atoms with Crippen LogP contribution in [0, 0.1) is 11.3 Å². The third-order valence-electron chi connectivity index (χ3n) is 7.08. The maximum Gasteiger partial charge on any atom is 0.123 e. The van der Waals surface area contributed by atoms with Gasteiger partial charge < -0.3 is 9.47 Å². The first-order valence-corrected chi connectivity index (χ1v) is 12.0. The monoisotopic (exact) mass is 456 g/mol. The van der Waals surface area contributed by atoms with Gasteiger partial charge in [0.2, 0.25) is 0 Å². The van der Waals surface area contributed by atoms with Gasteiger partial charge in [0.1, 0.15) is 18.3 Å². The van der Waals surface area contributed by atoms with E-state index in [1.807, 2.05) is 28.8 Å². The van der Waals surface area contributed by atoms with Crippen molar-refractivity contribution in [2.75, 3.05) is 19.6 Å². The van der Waals surface area contributed by atoms with E-state index in [4.69, 9.17) is 0 Å². The molecule has 6 nitrogen and oxygen atoms in total. The van der Waals surface area contributed by atoms with Gasteiger partial charge in [-0.3, -0.25) is 4.57 Å². The van der Waals surface area contributed by atoms with Gasteiger partial charge in [0.25, 0.3) is 0 Å². The Labute approximate surface area is 199 Å². The van der Waals surface area contributed by atoms with E-state index in [0.717, 1.165) is 43.9 Å². The van der Waals surface area contributed by atoms with Crippen molar-refractivity contribution < 1.29 is 4.39 Å². The molecular weight excluding hydrogens is 427 g/mol. The maximum absolute atomic E-state index is 15.4. The summed E-state index contributed by atoms with van der Waals surface area (Å²) in [5.41, 5.74) is 2.76. The van der Waals surface area contributed by atoms with Crippen LogP contribution in [0.4, 0.5) is 4.39 Å². The van der Waals surface area contributed by atoms with Gasteiger partial charge in [-0.25, -0.2) is 4.39 Å². The Morgan fingerprint density at radius 2 is 1.79 bits per heavy atom. The number of aryl methyl sites for hydroxylation is 2. The van der Waals surface area contributed by atoms with E-state index in [1.165, 1.54) is 10.9 Å². The minimum absolute atomic E-state index is 0.492. The second-order valence-electron chi connectivity index (χ2n) is 9.24. The molecule has 0 bridgehead atoms. The van der Waals surface area contributed by atoms with Gasteiger partial charge in [-0.05, 0) is 74.5 Å². The fraction of sp³-hybridized carbons (Fsp3) is 0.370. The molecule has 0 amide bonds. The van der Waals surface area contributed by atoms with Crippen LogP contribution in [-0.2, 0) is 13.0 Å². The number of nitriles is 1. The standard InChI is InChI=1S/C27H29FN6/c28-27(10-8-22-4-1-2-5-24(22)19-29)11-16-32(17-12-27)13-3-14-33-15-9-23-18-25(6-7-26(23)33)34-20-30-31-21-34/h1-2,4-7,9,15,18,20-21H,3,8,10-14,16-17H2. The molecule has 174 valence electrons. The fourth-order valence-electron chi connectivity index (χ4n) is 4.98. The minimum Gasteiger partial charge on any atom is -0.347 e. The fourth-order valence-corrected chi connectivity index (χ4v) is 4.98. The van der Waals surface area contributed by atoms with Crippen molar-refractivity contribution >= 4 is 10.9 Å². The van der Waals surface area contributed by atoms with Crippen LogP contribution in [0.1, 0.15) is 36.8 Å². The van der Waals surface area contributed by atoms with Gasteiger partial charge in [-0.2, -0.15) is 5.26 Å². The van der Waals surface area contributed by atoms with Crippen LogP contribution >= 0.6 is 0 Å². The summed E-state index contributed by atoms with van der Waals surface area (Å²) in [4.78, 5) is 2.39. The van der Waals surface area contributed by atoms with E-state index in [2.05, 4.69) is 56.2 Å². The number of benzene rings is 2. The molecule has 5 rings (SSSR count). The van der Waals surface area contributed by atoms with Crippen LogP contribution in [0.3, 0.4) is 0 Å². The number of halogens is 1. The maximum atomic E-state index is 15.4. The van der Waals surface area contributed by atoms with Crippen molar-refractivity contribution in [2.45, 2.75) is 44.3 Å². The molecular formula is C27H29FN6. The Hall–Kier alpha value is -3.50. The van der Waals surface area contributed by atoms with Crippen molar-refractivity contribution in [1.29, 1.82) is 5.26 Å². The van der Waals surface area contributed by atoms with Crippen molar-refractivity contribution in [3.05, 3.63) is 78.5 Å². The Morgan fingerprint density at radius 3 is 2.59 bits per heavy atom. The molecule has 1 saturated heterocycles. The molecule has 2 aromatic heterocycles. The van der Waals surface area contributed by atoms with Gasteiger partial charge in [0.05, 0.1) is 11.6 Å². The molecule has 1 aliphatic rings. The molecule has 7 heteroatoms. The molecule has 0 unspecified atom stereocenters. The number of fused-ring (bicyclic) bond motifs is 1. The van der Waals surface area contributed by atoms with Gasteiger partial charge in [0, 0.05) is 42.4 Å². The molecule has 0 spiro atoms. The number of likely N-dealkylation sites (tertiary alicyclic amines) is 1. The lowest BCUT2D eigenvalue weighted by molar-refractivity contribution is 0.0503. The highest BCUT2D eigenvalue weighted by Crippen LogP contribution is 2.32. The van der Waals surface area contributed by atoms with Crippen LogP contribution in [0.25, 0.3) is 16.6 Å². The van der Waals surface area contributed by atoms with Crippen LogP contribution in [-0.4, -0.2) is 49.5 Å². The lowest BCUT2D eigenvalue weighted by Gasteiger charge is -2.36. The number of aromatic nitrogens is 4. The molecule has 0 atom stereocenters. The van der Waals surface area contributed by atoms with E-state index in [-0.39, 0.29) is 0 Å². The first kappa shape index (κ1) is 22.3. The largest absolute Gasteiger partial charge is 0.347 e. The molecule has 0 aliphatic carbocycles. The smallest absolute Gasteiger partial charge is 0.123 e.